The molecule has 2 N–H and O–H groups in total. The van der Waals surface area contributed by atoms with Gasteiger partial charge in [-0.3, -0.25) is 4.98 Å². The van der Waals surface area contributed by atoms with Gasteiger partial charge in [0.05, 0.1) is 33.9 Å². The van der Waals surface area contributed by atoms with E-state index in [1.165, 1.54) is 40.5 Å². The predicted molar refractivity (Wildman–Crippen MR) is 208 cm³/mol. The first-order chi connectivity index (χ1) is 25.6. The number of carbonyl (C=O) groups is 2. The molecule has 53 heavy (non-hydrogen) atoms. The molecule has 0 atom stereocenters. The number of hydrogen-bond donors (Lipinski definition) is 2. The molecule has 3 heterocycles. The number of aromatic nitrogens is 2. The number of aromatic carboxylic acids is 1. The number of carboxylic acids is 2. The number of carboxylic acid groups (broad SMARTS) is 2. The van der Waals surface area contributed by atoms with Gasteiger partial charge in [0.25, 0.3) is 0 Å². The summed E-state index contributed by atoms with van der Waals surface area (Å²) in [4.78, 5) is 37.5. The first-order valence-electron chi connectivity index (χ1n) is 17.4. The van der Waals surface area contributed by atoms with Crippen molar-refractivity contribution in [3.63, 3.8) is 0 Å². The van der Waals surface area contributed by atoms with Gasteiger partial charge in [0.2, 0.25) is 0 Å². The average Bonchev–Trinajstić information content (AvgIpc) is 3.40. The molecule has 6 aromatic rings. The Morgan fingerprint density at radius 1 is 0.679 bits per heavy atom. The second-order valence-electron chi connectivity index (χ2n) is 13.9. The molecule has 260 valence electrons. The third-order valence-electron chi connectivity index (χ3n) is 10.2. The number of benzene rings is 4. The number of hydrogen-bond acceptors (Lipinski definition) is 6. The highest BCUT2D eigenvalue weighted by Gasteiger charge is 2.36. The first-order valence-corrected chi connectivity index (χ1v) is 17.4. The Bertz CT molecular complexity index is 2450. The van der Waals surface area contributed by atoms with Gasteiger partial charge in [-0.1, -0.05) is 74.5 Å². The zero-order chi connectivity index (χ0) is 36.9. The smallest absolute Gasteiger partial charge is 0.335 e. The SMILES string of the molecule is CN1CC=C(C(=O)O)C=C1c1cc(C(=O)O)cc(-c2cc(-c3ccc4c(c3)C(C)(C)c3cc(N(c5ccccc5)c5ccccc5)ccc3-4)ccn2)n1. The molecular weight excluding hydrogens is 661 g/mol. The second-order valence-corrected chi connectivity index (χ2v) is 13.9. The number of nitrogens with zero attached hydrogens (tertiary/aromatic N) is 4. The average molecular weight is 697 g/mol. The maximum Gasteiger partial charge on any atom is 0.335 e. The third kappa shape index (κ3) is 6.04. The molecule has 0 bridgehead atoms. The topological polar surface area (TPSA) is 107 Å². The highest BCUT2D eigenvalue weighted by Crippen LogP contribution is 2.51. The quantitative estimate of drug-likeness (QED) is 0.162. The zero-order valence-electron chi connectivity index (χ0n) is 29.5. The Hall–Kier alpha value is -6.80. The minimum atomic E-state index is -1.11. The lowest BCUT2D eigenvalue weighted by molar-refractivity contribution is -0.132. The molecule has 1 aliphatic carbocycles. The summed E-state index contributed by atoms with van der Waals surface area (Å²) in [5.41, 5.74) is 11.7. The van der Waals surface area contributed by atoms with E-state index >= 15 is 0 Å². The van der Waals surface area contributed by atoms with Crippen molar-refractivity contribution < 1.29 is 19.8 Å². The lowest BCUT2D eigenvalue weighted by Gasteiger charge is -2.28. The molecule has 0 saturated carbocycles. The highest BCUT2D eigenvalue weighted by molar-refractivity contribution is 5.94. The lowest BCUT2D eigenvalue weighted by Crippen LogP contribution is -2.23. The summed E-state index contributed by atoms with van der Waals surface area (Å²) in [5, 5.41) is 19.6. The van der Waals surface area contributed by atoms with E-state index in [1.54, 1.807) is 12.3 Å². The van der Waals surface area contributed by atoms with Crippen molar-refractivity contribution in [2.24, 2.45) is 0 Å². The van der Waals surface area contributed by atoms with Crippen molar-refractivity contribution in [2.75, 3.05) is 18.5 Å². The first kappa shape index (κ1) is 33.3. The minimum absolute atomic E-state index is 0.0347. The van der Waals surface area contributed by atoms with Crippen LogP contribution in [0.25, 0.3) is 39.3 Å². The van der Waals surface area contributed by atoms with E-state index in [0.717, 1.165) is 28.2 Å². The Morgan fingerprint density at radius 2 is 1.30 bits per heavy atom. The van der Waals surface area contributed by atoms with Crippen molar-refractivity contribution in [2.45, 2.75) is 19.3 Å². The maximum absolute atomic E-state index is 12.2. The largest absolute Gasteiger partial charge is 0.478 e. The standard InChI is InChI=1S/C45H36N4O4/c1-45(2)37-22-28(14-16-35(37)36-17-15-34(27-38(36)45)49(32-10-6-4-7-11-32)33-12-8-5-9-13-33)29-18-20-46-39(23-29)40-24-31(44(52)53)25-41(47-40)42-26-30(43(50)51)19-21-48(42)3/h4-20,22-27H,21H2,1-3H3,(H,50,51)(H,52,53). The van der Waals surface area contributed by atoms with Crippen LogP contribution < -0.4 is 4.90 Å². The molecule has 1 aliphatic heterocycles. The summed E-state index contributed by atoms with van der Waals surface area (Å²) < 4.78 is 0. The number of aliphatic carboxylic acids is 1. The number of likely N-dealkylation sites (N-methyl/N-ethyl adjacent to an activating group) is 1. The van der Waals surface area contributed by atoms with E-state index in [1.807, 2.05) is 36.2 Å². The van der Waals surface area contributed by atoms with Crippen LogP contribution in [0.2, 0.25) is 0 Å². The van der Waals surface area contributed by atoms with Gasteiger partial charge in [0.1, 0.15) is 0 Å². The van der Waals surface area contributed by atoms with Gasteiger partial charge in [0, 0.05) is 42.3 Å². The molecule has 0 saturated heterocycles. The van der Waals surface area contributed by atoms with Crippen LogP contribution in [0.4, 0.5) is 17.1 Å². The molecular formula is C45H36N4O4. The van der Waals surface area contributed by atoms with Crippen molar-refractivity contribution in [3.8, 4) is 33.6 Å². The van der Waals surface area contributed by atoms with E-state index < -0.39 is 11.9 Å². The maximum atomic E-state index is 12.2. The molecule has 0 radical (unpaired) electrons. The molecule has 0 fully saturated rings. The number of anilines is 3. The molecule has 2 aromatic heterocycles. The van der Waals surface area contributed by atoms with E-state index in [2.05, 4.69) is 109 Å². The summed E-state index contributed by atoms with van der Waals surface area (Å²) in [6.45, 7) is 4.89. The zero-order valence-corrected chi connectivity index (χ0v) is 29.5. The van der Waals surface area contributed by atoms with Crippen LogP contribution in [0.1, 0.15) is 41.0 Å². The number of rotatable bonds is 8. The van der Waals surface area contributed by atoms with E-state index in [-0.39, 0.29) is 16.6 Å². The summed E-state index contributed by atoms with van der Waals surface area (Å²) in [5.74, 6) is -2.17. The van der Waals surface area contributed by atoms with Crippen LogP contribution in [-0.4, -0.2) is 50.6 Å². The highest BCUT2D eigenvalue weighted by atomic mass is 16.4. The minimum Gasteiger partial charge on any atom is -0.478 e. The van der Waals surface area contributed by atoms with E-state index in [4.69, 9.17) is 4.98 Å². The fraction of sp³-hybridized carbons (Fsp3) is 0.111. The summed E-state index contributed by atoms with van der Waals surface area (Å²) in [6, 6.07) is 40.9. The Balaban J connectivity index is 1.16. The van der Waals surface area contributed by atoms with Crippen LogP contribution in [0.15, 0.2) is 145 Å². The van der Waals surface area contributed by atoms with Crippen LogP contribution in [-0.2, 0) is 10.2 Å². The molecule has 8 nitrogen and oxygen atoms in total. The predicted octanol–water partition coefficient (Wildman–Crippen LogP) is 9.58. The van der Waals surface area contributed by atoms with Gasteiger partial charge in [-0.05, 0) is 106 Å². The molecule has 0 unspecified atom stereocenters. The number of fused-ring (bicyclic) bond motifs is 3. The summed E-state index contributed by atoms with van der Waals surface area (Å²) in [7, 11) is 1.81. The van der Waals surface area contributed by atoms with Crippen molar-refractivity contribution in [1.29, 1.82) is 0 Å². The molecule has 4 aromatic carbocycles. The van der Waals surface area contributed by atoms with E-state index in [0.29, 0.717) is 29.3 Å². The van der Waals surface area contributed by atoms with Crippen LogP contribution in [0.3, 0.4) is 0 Å². The van der Waals surface area contributed by atoms with Crippen LogP contribution in [0, 0.1) is 0 Å². The fourth-order valence-corrected chi connectivity index (χ4v) is 7.38. The summed E-state index contributed by atoms with van der Waals surface area (Å²) in [6.07, 6.45) is 4.83. The third-order valence-corrected chi connectivity index (χ3v) is 10.2. The van der Waals surface area contributed by atoms with E-state index in [9.17, 15) is 19.8 Å². The van der Waals surface area contributed by atoms with Crippen molar-refractivity contribution in [3.05, 3.63) is 168 Å². The van der Waals surface area contributed by atoms with Gasteiger partial charge >= 0.3 is 11.9 Å². The number of pyridine rings is 2. The Morgan fingerprint density at radius 3 is 1.96 bits per heavy atom. The fourth-order valence-electron chi connectivity index (χ4n) is 7.38. The Labute approximate surface area is 307 Å². The second kappa shape index (κ2) is 13.1. The van der Waals surface area contributed by atoms with Crippen LogP contribution >= 0.6 is 0 Å². The monoisotopic (exact) mass is 696 g/mol. The van der Waals surface area contributed by atoms with Crippen LogP contribution in [0.5, 0.6) is 0 Å². The molecule has 0 spiro atoms. The molecule has 0 amide bonds. The van der Waals surface area contributed by atoms with Gasteiger partial charge in [-0.25, -0.2) is 14.6 Å². The molecule has 2 aliphatic rings. The van der Waals surface area contributed by atoms with Gasteiger partial charge in [0.15, 0.2) is 0 Å². The van der Waals surface area contributed by atoms with Gasteiger partial charge < -0.3 is 20.0 Å². The molecule has 8 heteroatoms. The van der Waals surface area contributed by atoms with Gasteiger partial charge in [-0.15, -0.1) is 0 Å². The van der Waals surface area contributed by atoms with Crippen molar-refractivity contribution >= 4 is 34.7 Å². The lowest BCUT2D eigenvalue weighted by atomic mass is 9.81. The summed E-state index contributed by atoms with van der Waals surface area (Å²) >= 11 is 0. The van der Waals surface area contributed by atoms with Gasteiger partial charge in [-0.2, -0.15) is 0 Å². The number of para-hydroxylation sites is 2. The normalized spacial score (nSPS) is 14.1. The Kier molecular flexibility index (Phi) is 8.22. The molecule has 8 rings (SSSR count). The van der Waals surface area contributed by atoms with Crippen molar-refractivity contribution in [1.82, 2.24) is 14.9 Å².